The minimum atomic E-state index is -1.04. The van der Waals surface area contributed by atoms with Gasteiger partial charge in [0.2, 0.25) is 0 Å². The number of ether oxygens (including phenoxy) is 4. The second-order valence-corrected chi connectivity index (χ2v) is 15.3. The zero-order chi connectivity index (χ0) is 30.8. The van der Waals surface area contributed by atoms with Crippen molar-refractivity contribution < 1.29 is 33.3 Å². The zero-order valence-corrected chi connectivity index (χ0v) is 27.2. The molecule has 5 aliphatic rings. The average Bonchev–Trinajstić information content (AvgIpc) is 3.33. The quantitative estimate of drug-likeness (QED) is 0.120. The van der Waals surface area contributed by atoms with E-state index in [-0.39, 0.29) is 32.5 Å². The summed E-state index contributed by atoms with van der Waals surface area (Å²) < 4.78 is 20.7. The lowest BCUT2D eigenvalue weighted by Crippen LogP contribution is -2.47. The molecule has 0 aromatic carbocycles. The molecule has 43 heavy (non-hydrogen) atoms. The van der Waals surface area contributed by atoms with Crippen molar-refractivity contribution in [3.05, 3.63) is 11.6 Å². The molecule has 4 aliphatic carbocycles. The van der Waals surface area contributed by atoms with Crippen LogP contribution in [0.3, 0.4) is 0 Å². The lowest BCUT2D eigenvalue weighted by atomic mass is 9.51. The SMILES string of the molecule is CC(C)CCC[C@@H](C)C1CC[C@H]2[C@@H]3CC=C4CC(OC(=O)NCCOC(=O)C5(C)COC(=O)OC5)CC[C@@H]4[C@H]3CC[C@]12C. The summed E-state index contributed by atoms with van der Waals surface area (Å²) in [6, 6.07) is 0. The van der Waals surface area contributed by atoms with Crippen molar-refractivity contribution in [3.8, 4) is 0 Å². The van der Waals surface area contributed by atoms with Gasteiger partial charge in [0.15, 0.2) is 0 Å². The second-order valence-electron chi connectivity index (χ2n) is 15.3. The third kappa shape index (κ3) is 7.03. The van der Waals surface area contributed by atoms with E-state index in [0.717, 1.165) is 54.8 Å². The Morgan fingerprint density at radius 3 is 2.53 bits per heavy atom. The van der Waals surface area contributed by atoms with Gasteiger partial charge in [-0.3, -0.25) is 4.79 Å². The molecule has 8 nitrogen and oxygen atoms in total. The van der Waals surface area contributed by atoms with E-state index in [2.05, 4.69) is 39.1 Å². The Balaban J connectivity index is 1.06. The molecule has 4 fully saturated rings. The largest absolute Gasteiger partial charge is 0.508 e. The van der Waals surface area contributed by atoms with Gasteiger partial charge in [-0.1, -0.05) is 58.6 Å². The van der Waals surface area contributed by atoms with Crippen LogP contribution in [0, 0.1) is 52.3 Å². The Labute approximate surface area is 258 Å². The van der Waals surface area contributed by atoms with E-state index >= 15 is 0 Å². The average molecular weight is 602 g/mol. The van der Waals surface area contributed by atoms with Crippen molar-refractivity contribution in [1.82, 2.24) is 5.32 Å². The normalized spacial score (nSPS) is 35.3. The van der Waals surface area contributed by atoms with Gasteiger partial charge in [-0.05, 0) is 98.7 Å². The summed E-state index contributed by atoms with van der Waals surface area (Å²) in [6.07, 6.45) is 14.9. The topological polar surface area (TPSA) is 100 Å². The summed E-state index contributed by atoms with van der Waals surface area (Å²) in [5, 5.41) is 2.71. The van der Waals surface area contributed by atoms with Gasteiger partial charge < -0.3 is 24.3 Å². The molecular weight excluding hydrogens is 546 g/mol. The van der Waals surface area contributed by atoms with E-state index in [1.165, 1.54) is 56.9 Å². The summed E-state index contributed by atoms with van der Waals surface area (Å²) in [7, 11) is 0. The van der Waals surface area contributed by atoms with E-state index in [9.17, 15) is 14.4 Å². The van der Waals surface area contributed by atoms with Gasteiger partial charge in [-0.25, -0.2) is 9.59 Å². The Bertz CT molecular complexity index is 1040. The molecule has 1 saturated heterocycles. The van der Waals surface area contributed by atoms with Crippen LogP contribution in [0.1, 0.15) is 105 Å². The number of fused-ring (bicyclic) bond motifs is 5. The van der Waals surface area contributed by atoms with E-state index in [1.54, 1.807) is 6.92 Å². The Kier molecular flexibility index (Phi) is 10.0. The molecule has 0 aromatic heterocycles. The molecular formula is C35H55NO7. The van der Waals surface area contributed by atoms with Crippen LogP contribution >= 0.6 is 0 Å². The smallest absolute Gasteiger partial charge is 0.463 e. The van der Waals surface area contributed by atoms with Crippen LogP contribution in [0.2, 0.25) is 0 Å². The molecule has 3 saturated carbocycles. The number of nitrogens with one attached hydrogen (secondary N) is 1. The number of cyclic esters (lactones) is 2. The van der Waals surface area contributed by atoms with E-state index in [4.69, 9.17) is 18.9 Å². The molecule has 0 spiro atoms. The van der Waals surface area contributed by atoms with Crippen molar-refractivity contribution in [2.24, 2.45) is 52.3 Å². The molecule has 1 heterocycles. The van der Waals surface area contributed by atoms with Crippen LogP contribution in [0.4, 0.5) is 9.59 Å². The number of rotatable bonds is 10. The molecule has 1 aliphatic heterocycles. The van der Waals surface area contributed by atoms with Gasteiger partial charge in [0.1, 0.15) is 31.3 Å². The van der Waals surface area contributed by atoms with Crippen LogP contribution < -0.4 is 5.32 Å². The van der Waals surface area contributed by atoms with Crippen LogP contribution in [0.25, 0.3) is 0 Å². The third-order valence-corrected chi connectivity index (χ3v) is 12.0. The maximum atomic E-state index is 12.5. The van der Waals surface area contributed by atoms with E-state index in [1.807, 2.05) is 0 Å². The predicted molar refractivity (Wildman–Crippen MR) is 163 cm³/mol. The summed E-state index contributed by atoms with van der Waals surface area (Å²) in [5.74, 6) is 5.12. The van der Waals surface area contributed by atoms with Crippen LogP contribution in [0.15, 0.2) is 11.6 Å². The second kappa shape index (κ2) is 13.4. The van der Waals surface area contributed by atoms with Gasteiger partial charge in [0, 0.05) is 6.42 Å². The summed E-state index contributed by atoms with van der Waals surface area (Å²) in [6.45, 7) is 11.5. The number of esters is 1. The monoisotopic (exact) mass is 601 g/mol. The maximum Gasteiger partial charge on any atom is 0.508 e. The molecule has 5 rings (SSSR count). The fourth-order valence-electron chi connectivity index (χ4n) is 9.66. The fourth-order valence-corrected chi connectivity index (χ4v) is 9.66. The fraction of sp³-hybridized carbons (Fsp3) is 0.857. The Hall–Kier alpha value is -2.25. The lowest BCUT2D eigenvalue weighted by Gasteiger charge is -2.54. The van der Waals surface area contributed by atoms with Crippen molar-refractivity contribution in [3.63, 3.8) is 0 Å². The highest BCUT2D eigenvalue weighted by molar-refractivity contribution is 5.78. The highest BCUT2D eigenvalue weighted by atomic mass is 16.7. The van der Waals surface area contributed by atoms with Crippen molar-refractivity contribution in [2.45, 2.75) is 111 Å². The lowest BCUT2D eigenvalue weighted by molar-refractivity contribution is -0.165. The molecule has 242 valence electrons. The first kappa shape index (κ1) is 32.2. The Morgan fingerprint density at radius 2 is 1.79 bits per heavy atom. The minimum Gasteiger partial charge on any atom is -0.463 e. The molecule has 0 aromatic rings. The van der Waals surface area contributed by atoms with E-state index in [0.29, 0.717) is 11.3 Å². The number of allylic oxidation sites excluding steroid dienone is 1. The zero-order valence-electron chi connectivity index (χ0n) is 27.2. The molecule has 0 bridgehead atoms. The van der Waals surface area contributed by atoms with Gasteiger partial charge in [-0.15, -0.1) is 0 Å². The number of hydrogen-bond acceptors (Lipinski definition) is 7. The highest BCUT2D eigenvalue weighted by Crippen LogP contribution is 2.64. The summed E-state index contributed by atoms with van der Waals surface area (Å²) in [5.41, 5.74) is 0.982. The highest BCUT2D eigenvalue weighted by Gasteiger charge is 2.56. The number of alkyl carbamates (subject to hydrolysis) is 1. The van der Waals surface area contributed by atoms with Gasteiger partial charge in [0.25, 0.3) is 0 Å². The molecule has 1 N–H and O–H groups in total. The predicted octanol–water partition coefficient (Wildman–Crippen LogP) is 7.45. The molecule has 0 radical (unpaired) electrons. The summed E-state index contributed by atoms with van der Waals surface area (Å²) in [4.78, 5) is 36.0. The number of hydrogen-bond donors (Lipinski definition) is 1. The van der Waals surface area contributed by atoms with Gasteiger partial charge in [-0.2, -0.15) is 0 Å². The van der Waals surface area contributed by atoms with Gasteiger partial charge >= 0.3 is 18.2 Å². The van der Waals surface area contributed by atoms with Crippen molar-refractivity contribution >= 4 is 18.2 Å². The van der Waals surface area contributed by atoms with Crippen molar-refractivity contribution in [1.29, 1.82) is 0 Å². The molecule has 8 atom stereocenters. The first-order chi connectivity index (χ1) is 20.5. The standard InChI is InChI=1S/C35H55NO7/c1-22(2)7-6-8-23(3)29-13-14-30-28-11-9-24-19-25(10-12-26(24)27(28)15-16-35(29,30)5)43-32(38)36-17-18-40-31(37)34(4)20-41-33(39)42-21-34/h9,22-23,25-30H,6-8,10-21H2,1-5H3,(H,36,38)/t23-,25?,26+,27-,28-,29?,30+,35-/m1/s1. The van der Waals surface area contributed by atoms with Crippen molar-refractivity contribution in [2.75, 3.05) is 26.4 Å². The minimum absolute atomic E-state index is 0.0100. The number of amides is 1. The molecule has 2 unspecified atom stereocenters. The first-order valence-corrected chi connectivity index (χ1v) is 17.1. The third-order valence-electron chi connectivity index (χ3n) is 12.0. The molecule has 1 amide bonds. The number of carbonyl (C=O) groups is 3. The van der Waals surface area contributed by atoms with Crippen LogP contribution in [-0.2, 0) is 23.7 Å². The van der Waals surface area contributed by atoms with Crippen LogP contribution in [-0.4, -0.2) is 50.7 Å². The molecule has 8 heteroatoms. The first-order valence-electron chi connectivity index (χ1n) is 17.1. The maximum absolute atomic E-state index is 12.5. The summed E-state index contributed by atoms with van der Waals surface area (Å²) >= 11 is 0. The van der Waals surface area contributed by atoms with Crippen LogP contribution in [0.5, 0.6) is 0 Å². The van der Waals surface area contributed by atoms with Gasteiger partial charge in [0.05, 0.1) is 6.54 Å². The Morgan fingerprint density at radius 1 is 1.02 bits per heavy atom. The van der Waals surface area contributed by atoms with E-state index < -0.39 is 23.6 Å². The number of carbonyl (C=O) groups excluding carboxylic acids is 3.